The minimum Gasteiger partial charge on any atom is -0.493 e. The van der Waals surface area contributed by atoms with Gasteiger partial charge in [-0.2, -0.15) is 9.46 Å². The Bertz CT molecular complexity index is 1120. The lowest BCUT2D eigenvalue weighted by molar-refractivity contribution is 0.0378. The number of rotatable bonds is 6. The number of halogens is 1. The van der Waals surface area contributed by atoms with Crippen molar-refractivity contribution in [1.82, 2.24) is 9.78 Å². The van der Waals surface area contributed by atoms with Gasteiger partial charge in [-0.3, -0.25) is 4.79 Å². The zero-order valence-electron chi connectivity index (χ0n) is 17.8. The second-order valence-electron chi connectivity index (χ2n) is 7.64. The van der Waals surface area contributed by atoms with Crippen molar-refractivity contribution in [2.45, 2.75) is 52.7 Å². The molecule has 0 bridgehead atoms. The summed E-state index contributed by atoms with van der Waals surface area (Å²) in [5.74, 6) is -0.686. The maximum atomic E-state index is 13.3. The Labute approximate surface area is 186 Å². The third-order valence-electron chi connectivity index (χ3n) is 4.96. The van der Waals surface area contributed by atoms with Crippen molar-refractivity contribution in [2.24, 2.45) is 4.36 Å². The number of aryl methyl sites for hydroxylation is 1. The van der Waals surface area contributed by atoms with E-state index >= 15 is 0 Å². The summed E-state index contributed by atoms with van der Waals surface area (Å²) in [7, 11) is -2.61. The summed E-state index contributed by atoms with van der Waals surface area (Å²) in [6, 6.07) is 2.78. The van der Waals surface area contributed by atoms with Gasteiger partial charge in [-0.05, 0) is 45.7 Å². The molecule has 0 radical (unpaired) electrons. The van der Waals surface area contributed by atoms with Gasteiger partial charge in [0.25, 0.3) is 0 Å². The van der Waals surface area contributed by atoms with E-state index in [1.54, 1.807) is 20.8 Å². The van der Waals surface area contributed by atoms with Crippen molar-refractivity contribution < 1.29 is 23.6 Å². The maximum absolute atomic E-state index is 13.3. The highest BCUT2D eigenvalue weighted by Gasteiger charge is 2.27. The van der Waals surface area contributed by atoms with Crippen LogP contribution in [0.1, 0.15) is 66.3 Å². The average molecular weight is 468 g/mol. The third-order valence-corrected chi connectivity index (χ3v) is 7.71. The van der Waals surface area contributed by atoms with Gasteiger partial charge in [0.1, 0.15) is 11.3 Å². The fourth-order valence-corrected chi connectivity index (χ4v) is 5.94. The van der Waals surface area contributed by atoms with Crippen LogP contribution in [0.15, 0.2) is 22.7 Å². The fourth-order valence-electron chi connectivity index (χ4n) is 3.38. The summed E-state index contributed by atoms with van der Waals surface area (Å²) in [5, 5.41) is 14.1. The lowest BCUT2D eigenvalue weighted by Gasteiger charge is -2.18. The molecule has 2 aromatic rings. The van der Waals surface area contributed by atoms with Crippen LogP contribution in [0.2, 0.25) is 5.02 Å². The molecular formula is C21H26ClN3O5S. The second kappa shape index (κ2) is 9.40. The maximum Gasteiger partial charge on any atom is 0.340 e. The Balaban J connectivity index is 2.16. The molecule has 10 heteroatoms. The van der Waals surface area contributed by atoms with E-state index in [9.17, 15) is 18.9 Å². The van der Waals surface area contributed by atoms with E-state index < -0.39 is 21.5 Å². The predicted octanol–water partition coefficient (Wildman–Crippen LogP) is 4.34. The normalized spacial score (nSPS) is 15.6. The van der Waals surface area contributed by atoms with Crippen LogP contribution in [-0.4, -0.2) is 48.5 Å². The average Bonchev–Trinajstić information content (AvgIpc) is 3.09. The van der Waals surface area contributed by atoms with Gasteiger partial charge in [0.05, 0.1) is 32.6 Å². The minimum absolute atomic E-state index is 0.00700. The van der Waals surface area contributed by atoms with Crippen LogP contribution in [-0.2, 0) is 21.0 Å². The molecular weight excluding hydrogens is 442 g/mol. The number of ether oxygens (including phenoxy) is 1. The number of ketones is 1. The fraction of sp³-hybridized carbons (Fsp3) is 0.476. The smallest absolute Gasteiger partial charge is 0.340 e. The number of aromatic nitrogens is 2. The highest BCUT2D eigenvalue weighted by atomic mass is 35.5. The standard InChI is InChI=1S/C21H26ClN3O5S/c1-4-25-20(27)16(12-23-25)19(26)14-8-9-15(21(28)30-13(2)3)18(17(14)22)24-31(29)10-6-5-7-11-31/h8-9,12-13,27H,4-7,10-11H2,1-3H3. The van der Waals surface area contributed by atoms with Crippen LogP contribution < -0.4 is 0 Å². The molecule has 1 N–H and O–H groups in total. The monoisotopic (exact) mass is 467 g/mol. The van der Waals surface area contributed by atoms with Crippen molar-refractivity contribution in [2.75, 3.05) is 11.5 Å². The van der Waals surface area contributed by atoms with Crippen LogP contribution in [0.4, 0.5) is 5.69 Å². The Morgan fingerprint density at radius 1 is 1.23 bits per heavy atom. The van der Waals surface area contributed by atoms with Crippen molar-refractivity contribution in [3.8, 4) is 5.88 Å². The number of aromatic hydroxyl groups is 1. The van der Waals surface area contributed by atoms with E-state index in [1.165, 1.54) is 23.0 Å². The molecule has 0 unspecified atom stereocenters. The Morgan fingerprint density at radius 3 is 2.45 bits per heavy atom. The zero-order chi connectivity index (χ0) is 22.8. The van der Waals surface area contributed by atoms with Gasteiger partial charge in [-0.15, -0.1) is 0 Å². The first-order valence-corrected chi connectivity index (χ1v) is 12.5. The molecule has 1 aliphatic heterocycles. The molecule has 1 aliphatic rings. The highest BCUT2D eigenvalue weighted by molar-refractivity contribution is 7.93. The van der Waals surface area contributed by atoms with Crippen LogP contribution in [0.5, 0.6) is 5.88 Å². The molecule has 1 saturated heterocycles. The van der Waals surface area contributed by atoms with Crippen LogP contribution in [0.25, 0.3) is 0 Å². The van der Waals surface area contributed by atoms with E-state index in [1.807, 2.05) is 0 Å². The second-order valence-corrected chi connectivity index (χ2v) is 10.6. The van der Waals surface area contributed by atoms with Crippen LogP contribution in [0.3, 0.4) is 0 Å². The van der Waals surface area contributed by atoms with Crippen molar-refractivity contribution in [3.63, 3.8) is 0 Å². The number of nitrogens with zero attached hydrogens (tertiary/aromatic N) is 3. The van der Waals surface area contributed by atoms with Crippen LogP contribution in [0, 0.1) is 0 Å². The van der Waals surface area contributed by atoms with Gasteiger partial charge in [-0.1, -0.05) is 18.0 Å². The summed E-state index contributed by atoms with van der Waals surface area (Å²) in [5.41, 5.74) is 0.0600. The lowest BCUT2D eigenvalue weighted by atomic mass is 10.0. The number of benzene rings is 1. The molecule has 1 fully saturated rings. The zero-order valence-corrected chi connectivity index (χ0v) is 19.3. The van der Waals surface area contributed by atoms with Gasteiger partial charge in [0.15, 0.2) is 0 Å². The number of carbonyl (C=O) groups is 2. The molecule has 1 aromatic carbocycles. The molecule has 3 rings (SSSR count). The summed E-state index contributed by atoms with van der Waals surface area (Å²) in [6.07, 6.45) is 3.40. The molecule has 0 spiro atoms. The molecule has 1 aromatic heterocycles. The third kappa shape index (κ3) is 4.93. The number of hydrogen-bond donors (Lipinski definition) is 1. The topological polar surface area (TPSA) is 111 Å². The molecule has 0 saturated carbocycles. The molecule has 8 nitrogen and oxygen atoms in total. The summed E-state index contributed by atoms with van der Waals surface area (Å²) < 4.78 is 24.2. The molecule has 168 valence electrons. The highest BCUT2D eigenvalue weighted by Crippen LogP contribution is 2.37. The lowest BCUT2D eigenvalue weighted by Crippen LogP contribution is -2.17. The quantitative estimate of drug-likeness (QED) is 0.499. The van der Waals surface area contributed by atoms with Gasteiger partial charge in [0.2, 0.25) is 11.7 Å². The number of hydrogen-bond acceptors (Lipinski definition) is 7. The van der Waals surface area contributed by atoms with Crippen molar-refractivity contribution >= 4 is 38.8 Å². The molecule has 2 heterocycles. The first-order chi connectivity index (χ1) is 14.7. The first-order valence-electron chi connectivity index (χ1n) is 10.2. The van der Waals surface area contributed by atoms with Crippen molar-refractivity contribution in [3.05, 3.63) is 40.0 Å². The van der Waals surface area contributed by atoms with Gasteiger partial charge < -0.3 is 9.84 Å². The molecule has 0 aliphatic carbocycles. The Hall–Kier alpha value is -2.39. The molecule has 31 heavy (non-hydrogen) atoms. The van der Waals surface area contributed by atoms with Gasteiger partial charge >= 0.3 is 5.97 Å². The summed E-state index contributed by atoms with van der Waals surface area (Å²) in [4.78, 5) is 25.7. The van der Waals surface area contributed by atoms with E-state index in [4.69, 9.17) is 16.3 Å². The Morgan fingerprint density at radius 2 is 1.87 bits per heavy atom. The molecule has 0 amide bonds. The summed E-state index contributed by atoms with van der Waals surface area (Å²) >= 11 is 6.56. The largest absolute Gasteiger partial charge is 0.493 e. The van der Waals surface area contributed by atoms with Crippen molar-refractivity contribution in [1.29, 1.82) is 0 Å². The minimum atomic E-state index is -2.61. The van der Waals surface area contributed by atoms with E-state index in [0.29, 0.717) is 18.1 Å². The number of carbonyl (C=O) groups excluding carboxylic acids is 2. The van der Waals surface area contributed by atoms with E-state index in [0.717, 1.165) is 19.3 Å². The molecule has 0 atom stereocenters. The van der Waals surface area contributed by atoms with Gasteiger partial charge in [-0.25, -0.2) is 13.7 Å². The van der Waals surface area contributed by atoms with Gasteiger partial charge in [0, 0.05) is 23.6 Å². The van der Waals surface area contributed by atoms with Crippen LogP contribution >= 0.6 is 11.6 Å². The summed E-state index contributed by atoms with van der Waals surface area (Å²) in [6.45, 7) is 5.59. The number of esters is 1. The Kier molecular flexibility index (Phi) is 7.06. The predicted molar refractivity (Wildman–Crippen MR) is 119 cm³/mol. The SMILES string of the molecule is CCn1ncc(C(=O)c2ccc(C(=O)OC(C)C)c(N=S3(=O)CCCCC3)c2Cl)c1O. The van der Waals surface area contributed by atoms with E-state index in [2.05, 4.69) is 9.46 Å². The first kappa shape index (κ1) is 23.3. The van der Waals surface area contributed by atoms with E-state index in [-0.39, 0.29) is 39.4 Å².